The summed E-state index contributed by atoms with van der Waals surface area (Å²) in [4.78, 5) is 8.86. The van der Waals surface area contributed by atoms with E-state index in [9.17, 15) is 8.42 Å². The van der Waals surface area contributed by atoms with E-state index >= 15 is 0 Å². The van der Waals surface area contributed by atoms with Gasteiger partial charge in [-0.05, 0) is 30.3 Å². The maximum atomic E-state index is 11.5. The van der Waals surface area contributed by atoms with Crippen molar-refractivity contribution >= 4 is 26.9 Å². The van der Waals surface area contributed by atoms with Crippen molar-refractivity contribution in [1.29, 1.82) is 0 Å². The summed E-state index contributed by atoms with van der Waals surface area (Å²) in [5.74, 6) is 0.684. The lowest BCUT2D eigenvalue weighted by atomic mass is 10.1. The summed E-state index contributed by atoms with van der Waals surface area (Å²) >= 11 is 0. The van der Waals surface area contributed by atoms with Crippen LogP contribution in [0.25, 0.3) is 11.0 Å². The fourth-order valence-electron chi connectivity index (χ4n) is 2.28. The molecule has 2 N–H and O–H groups in total. The standard InChI is InChI=1S/C17H18N4O2S/c1-18-24(22,23)12-14-8-6-13(7-9-14)10-20-17-11-19-15-4-2-3-5-16(15)21-17/h2-9,11,18H,10,12H2,1H3,(H,20,21). The first kappa shape index (κ1) is 16.4. The Hall–Kier alpha value is -2.51. The molecule has 0 aliphatic heterocycles. The Morgan fingerprint density at radius 3 is 2.33 bits per heavy atom. The Morgan fingerprint density at radius 1 is 0.958 bits per heavy atom. The number of benzene rings is 2. The quantitative estimate of drug-likeness (QED) is 0.718. The Kier molecular flexibility index (Phi) is 4.73. The first-order chi connectivity index (χ1) is 11.6. The van der Waals surface area contributed by atoms with Gasteiger partial charge in [0.2, 0.25) is 10.0 Å². The highest BCUT2D eigenvalue weighted by Crippen LogP contribution is 2.13. The fourth-order valence-corrected chi connectivity index (χ4v) is 3.06. The van der Waals surface area contributed by atoms with Crippen LogP contribution in [0, 0.1) is 0 Å². The normalized spacial score (nSPS) is 11.5. The summed E-state index contributed by atoms with van der Waals surface area (Å²) in [6.07, 6.45) is 1.70. The molecule has 0 saturated heterocycles. The number of hydrogen-bond acceptors (Lipinski definition) is 5. The van der Waals surface area contributed by atoms with Gasteiger partial charge in [-0.2, -0.15) is 0 Å². The highest BCUT2D eigenvalue weighted by atomic mass is 32.2. The number of rotatable bonds is 6. The molecule has 124 valence electrons. The average molecular weight is 342 g/mol. The van der Waals surface area contributed by atoms with Crippen molar-refractivity contribution in [3.05, 3.63) is 65.9 Å². The second-order valence-electron chi connectivity index (χ2n) is 5.38. The maximum absolute atomic E-state index is 11.5. The van der Waals surface area contributed by atoms with Gasteiger partial charge in [0.25, 0.3) is 0 Å². The van der Waals surface area contributed by atoms with Crippen LogP contribution in [-0.4, -0.2) is 25.4 Å². The summed E-state index contributed by atoms with van der Waals surface area (Å²) in [5, 5.41) is 3.23. The summed E-state index contributed by atoms with van der Waals surface area (Å²) in [6.45, 7) is 0.589. The van der Waals surface area contributed by atoms with Crippen LogP contribution in [0.4, 0.5) is 5.82 Å². The zero-order chi connectivity index (χ0) is 17.0. The van der Waals surface area contributed by atoms with Gasteiger partial charge in [0.1, 0.15) is 5.82 Å². The molecule has 0 amide bonds. The third-order valence-corrected chi connectivity index (χ3v) is 4.95. The summed E-state index contributed by atoms with van der Waals surface area (Å²) in [6, 6.07) is 15.1. The van der Waals surface area contributed by atoms with E-state index in [2.05, 4.69) is 20.0 Å². The van der Waals surface area contributed by atoms with E-state index in [-0.39, 0.29) is 5.75 Å². The van der Waals surface area contributed by atoms with Gasteiger partial charge in [-0.3, -0.25) is 4.98 Å². The number of fused-ring (bicyclic) bond motifs is 1. The molecule has 7 heteroatoms. The number of para-hydroxylation sites is 2. The maximum Gasteiger partial charge on any atom is 0.215 e. The molecule has 2 aromatic carbocycles. The van der Waals surface area contributed by atoms with E-state index in [0.717, 1.165) is 22.2 Å². The van der Waals surface area contributed by atoms with Gasteiger partial charge in [0.15, 0.2) is 0 Å². The molecule has 6 nitrogen and oxygen atoms in total. The van der Waals surface area contributed by atoms with E-state index in [1.807, 2.05) is 48.5 Å². The molecule has 3 rings (SSSR count). The third kappa shape index (κ3) is 4.06. The molecule has 0 spiro atoms. The molecular weight excluding hydrogens is 324 g/mol. The van der Waals surface area contributed by atoms with Crippen LogP contribution in [-0.2, 0) is 22.3 Å². The molecule has 0 aliphatic rings. The molecule has 0 aliphatic carbocycles. The van der Waals surface area contributed by atoms with E-state index in [1.165, 1.54) is 7.05 Å². The molecule has 24 heavy (non-hydrogen) atoms. The van der Waals surface area contributed by atoms with Gasteiger partial charge in [-0.1, -0.05) is 36.4 Å². The molecule has 1 heterocycles. The number of nitrogens with one attached hydrogen (secondary N) is 2. The minimum Gasteiger partial charge on any atom is -0.365 e. The second-order valence-corrected chi connectivity index (χ2v) is 7.30. The molecule has 0 fully saturated rings. The zero-order valence-corrected chi connectivity index (χ0v) is 14.0. The monoisotopic (exact) mass is 342 g/mol. The van der Waals surface area contributed by atoms with Crippen molar-refractivity contribution < 1.29 is 8.42 Å². The topological polar surface area (TPSA) is 84.0 Å². The molecule has 0 atom stereocenters. The molecule has 1 aromatic heterocycles. The van der Waals surface area contributed by atoms with Gasteiger partial charge in [0, 0.05) is 6.54 Å². The summed E-state index contributed by atoms with van der Waals surface area (Å²) in [5.41, 5.74) is 3.49. The number of sulfonamides is 1. The van der Waals surface area contributed by atoms with Crippen LogP contribution in [0.1, 0.15) is 11.1 Å². The zero-order valence-electron chi connectivity index (χ0n) is 13.2. The van der Waals surface area contributed by atoms with Crippen molar-refractivity contribution in [2.75, 3.05) is 12.4 Å². The van der Waals surface area contributed by atoms with Crippen LogP contribution in [0.2, 0.25) is 0 Å². The first-order valence-electron chi connectivity index (χ1n) is 7.50. The van der Waals surface area contributed by atoms with Crippen LogP contribution in [0.15, 0.2) is 54.7 Å². The van der Waals surface area contributed by atoms with Crippen LogP contribution in [0.5, 0.6) is 0 Å². The fraction of sp³-hybridized carbons (Fsp3) is 0.176. The van der Waals surface area contributed by atoms with Crippen molar-refractivity contribution in [2.45, 2.75) is 12.3 Å². The number of hydrogen-bond donors (Lipinski definition) is 2. The van der Waals surface area contributed by atoms with E-state index in [4.69, 9.17) is 0 Å². The molecule has 0 unspecified atom stereocenters. The minimum atomic E-state index is -3.25. The Balaban J connectivity index is 1.65. The predicted octanol–water partition coefficient (Wildman–Crippen LogP) is 2.29. The summed E-state index contributed by atoms with van der Waals surface area (Å²) in [7, 11) is -1.83. The molecule has 3 aromatic rings. The highest BCUT2D eigenvalue weighted by molar-refractivity contribution is 7.88. The molecule has 0 radical (unpaired) electrons. The third-order valence-electron chi connectivity index (χ3n) is 3.61. The van der Waals surface area contributed by atoms with Crippen molar-refractivity contribution in [2.24, 2.45) is 0 Å². The van der Waals surface area contributed by atoms with E-state index < -0.39 is 10.0 Å². The van der Waals surface area contributed by atoms with Gasteiger partial charge in [0.05, 0.1) is 23.0 Å². The minimum absolute atomic E-state index is 0.0205. The predicted molar refractivity (Wildman–Crippen MR) is 95.0 cm³/mol. The van der Waals surface area contributed by atoms with E-state index in [1.54, 1.807) is 6.20 Å². The Labute approximate surface area is 141 Å². The first-order valence-corrected chi connectivity index (χ1v) is 9.16. The number of nitrogens with zero attached hydrogens (tertiary/aromatic N) is 2. The van der Waals surface area contributed by atoms with Crippen LogP contribution in [0.3, 0.4) is 0 Å². The highest BCUT2D eigenvalue weighted by Gasteiger charge is 2.08. The molecule has 0 saturated carbocycles. The lowest BCUT2D eigenvalue weighted by Gasteiger charge is -2.08. The van der Waals surface area contributed by atoms with Crippen LogP contribution >= 0.6 is 0 Å². The van der Waals surface area contributed by atoms with Gasteiger partial charge in [-0.25, -0.2) is 18.1 Å². The van der Waals surface area contributed by atoms with Gasteiger partial charge in [-0.15, -0.1) is 0 Å². The second kappa shape index (κ2) is 6.94. The Bertz CT molecular complexity index is 940. The molecular formula is C17H18N4O2S. The van der Waals surface area contributed by atoms with Gasteiger partial charge < -0.3 is 5.32 Å². The smallest absolute Gasteiger partial charge is 0.215 e. The lowest BCUT2D eigenvalue weighted by Crippen LogP contribution is -2.20. The van der Waals surface area contributed by atoms with Crippen molar-refractivity contribution in [1.82, 2.24) is 14.7 Å². The van der Waals surface area contributed by atoms with Crippen LogP contribution < -0.4 is 10.0 Å². The Morgan fingerprint density at radius 2 is 1.62 bits per heavy atom. The lowest BCUT2D eigenvalue weighted by molar-refractivity contribution is 0.587. The van der Waals surface area contributed by atoms with Crippen molar-refractivity contribution in [3.63, 3.8) is 0 Å². The molecule has 0 bridgehead atoms. The SMILES string of the molecule is CNS(=O)(=O)Cc1ccc(CNc2cnc3ccccc3n2)cc1. The number of aromatic nitrogens is 2. The largest absolute Gasteiger partial charge is 0.365 e. The van der Waals surface area contributed by atoms with Crippen molar-refractivity contribution in [3.8, 4) is 0 Å². The van der Waals surface area contributed by atoms with E-state index in [0.29, 0.717) is 12.4 Å². The summed E-state index contributed by atoms with van der Waals surface area (Å²) < 4.78 is 25.4. The average Bonchev–Trinajstić information content (AvgIpc) is 2.61. The van der Waals surface area contributed by atoms with Gasteiger partial charge >= 0.3 is 0 Å². The number of anilines is 1.